The van der Waals surface area contributed by atoms with Crippen LogP contribution in [0.1, 0.15) is 37.6 Å². The topological polar surface area (TPSA) is 86.7 Å². The van der Waals surface area contributed by atoms with Gasteiger partial charge in [0.2, 0.25) is 23.2 Å². The summed E-state index contributed by atoms with van der Waals surface area (Å²) in [6.07, 6.45) is -0.619. The molecule has 0 aliphatic carbocycles. The van der Waals surface area contributed by atoms with Gasteiger partial charge < -0.3 is 14.2 Å². The molecule has 0 spiro atoms. The van der Waals surface area contributed by atoms with Gasteiger partial charge >= 0.3 is 0 Å². The van der Waals surface area contributed by atoms with Crippen molar-refractivity contribution in [2.45, 2.75) is 38.3 Å². The van der Waals surface area contributed by atoms with Crippen molar-refractivity contribution in [3.05, 3.63) is 83.9 Å². The van der Waals surface area contributed by atoms with E-state index in [0.29, 0.717) is 46.1 Å². The fraction of sp³-hybridized carbons (Fsp3) is 0.241. The van der Waals surface area contributed by atoms with Crippen molar-refractivity contribution in [3.63, 3.8) is 0 Å². The number of nitrogens with zero attached hydrogens (tertiary/aromatic N) is 4. The van der Waals surface area contributed by atoms with Gasteiger partial charge in [-0.2, -0.15) is 4.98 Å². The van der Waals surface area contributed by atoms with E-state index >= 15 is 0 Å². The Bertz CT molecular complexity index is 1430. The minimum absolute atomic E-state index is 0.122. The number of carbonyl (C=O) groups excluding carboxylic acids is 1. The Morgan fingerprint density at radius 1 is 1.00 bits per heavy atom. The maximum Gasteiger partial charge on any atom is 0.247 e. The second-order valence-electron chi connectivity index (χ2n) is 8.44. The Morgan fingerprint density at radius 2 is 1.79 bits per heavy atom. The maximum absolute atomic E-state index is 13.5. The molecule has 1 aliphatic heterocycles. The molecule has 1 amide bonds. The number of hydrogen-bond donors (Lipinski definition) is 0. The number of carbonyl (C=O) groups is 1. The Kier molecular flexibility index (Phi) is 7.74. The van der Waals surface area contributed by atoms with E-state index < -0.39 is 6.23 Å². The summed E-state index contributed by atoms with van der Waals surface area (Å²) >= 11 is 1.47. The van der Waals surface area contributed by atoms with Crippen molar-refractivity contribution in [1.29, 1.82) is 0 Å². The normalized spacial score (nSPS) is 14.1. The van der Waals surface area contributed by atoms with E-state index in [1.165, 1.54) is 11.8 Å². The number of para-hydroxylation sites is 2. The van der Waals surface area contributed by atoms with Gasteiger partial charge in [0, 0.05) is 12.0 Å². The summed E-state index contributed by atoms with van der Waals surface area (Å²) in [5.74, 6) is 1.99. The lowest BCUT2D eigenvalue weighted by molar-refractivity contribution is -0.120. The number of aromatic nitrogens is 3. The van der Waals surface area contributed by atoms with E-state index in [1.54, 1.807) is 12.0 Å². The van der Waals surface area contributed by atoms with Crippen molar-refractivity contribution in [3.8, 4) is 28.6 Å². The summed E-state index contributed by atoms with van der Waals surface area (Å²) in [6.45, 7) is 4.16. The first-order valence-electron chi connectivity index (χ1n) is 12.4. The Labute approximate surface area is 226 Å². The number of anilines is 1. The van der Waals surface area contributed by atoms with Gasteiger partial charge in [-0.15, -0.1) is 10.2 Å². The lowest BCUT2D eigenvalue weighted by Gasteiger charge is -2.32. The predicted molar refractivity (Wildman–Crippen MR) is 147 cm³/mol. The minimum Gasteiger partial charge on any atom is -0.493 e. The molecule has 3 aromatic carbocycles. The highest BCUT2D eigenvalue weighted by molar-refractivity contribution is 7.99. The second-order valence-corrected chi connectivity index (χ2v) is 9.67. The van der Waals surface area contributed by atoms with E-state index in [1.807, 2.05) is 86.6 Å². The summed E-state index contributed by atoms with van der Waals surface area (Å²) in [5.41, 5.74) is 3.49. The van der Waals surface area contributed by atoms with E-state index in [-0.39, 0.29) is 12.3 Å². The highest BCUT2D eigenvalue weighted by Gasteiger charge is 2.37. The molecule has 0 saturated heterocycles. The minimum atomic E-state index is -0.887. The lowest BCUT2D eigenvalue weighted by Crippen LogP contribution is -2.37. The zero-order chi connectivity index (χ0) is 26.5. The molecule has 0 saturated carbocycles. The number of fused-ring (bicyclic) bond motifs is 3. The first-order chi connectivity index (χ1) is 18.6. The maximum atomic E-state index is 13.5. The largest absolute Gasteiger partial charge is 0.493 e. The van der Waals surface area contributed by atoms with Crippen LogP contribution >= 0.6 is 11.8 Å². The SMILES string of the molecule is CCSc1nnc2c(n1)OC(c1cccc(OC)c1OCc1ccccc1)N(C(=O)CC)c1ccccc1-2. The van der Waals surface area contributed by atoms with Crippen molar-refractivity contribution in [2.24, 2.45) is 0 Å². The quantitative estimate of drug-likeness (QED) is 0.255. The van der Waals surface area contributed by atoms with Crippen LogP contribution in [0.4, 0.5) is 5.69 Å². The molecule has 4 aromatic rings. The molecule has 2 heterocycles. The molecule has 0 bridgehead atoms. The molecule has 0 fully saturated rings. The smallest absolute Gasteiger partial charge is 0.247 e. The molecule has 1 aliphatic rings. The van der Waals surface area contributed by atoms with Crippen LogP contribution in [0.25, 0.3) is 11.3 Å². The van der Waals surface area contributed by atoms with Gasteiger partial charge in [0.15, 0.2) is 17.2 Å². The van der Waals surface area contributed by atoms with Crippen LogP contribution in [0.5, 0.6) is 17.4 Å². The van der Waals surface area contributed by atoms with Gasteiger partial charge in [-0.1, -0.05) is 80.2 Å². The highest BCUT2D eigenvalue weighted by atomic mass is 32.2. The molecule has 38 heavy (non-hydrogen) atoms. The van der Waals surface area contributed by atoms with E-state index in [0.717, 1.165) is 16.9 Å². The van der Waals surface area contributed by atoms with Crippen LogP contribution in [-0.2, 0) is 11.4 Å². The molecule has 1 atom stereocenters. The molecule has 5 rings (SSSR count). The standard InChI is InChI=1S/C29H28N4O4S/c1-4-24(34)33-22-16-10-9-14-20(22)25-27(30-29(32-31-25)38-5-2)37-28(33)21-15-11-17-23(35-3)26(21)36-18-19-12-7-6-8-13-19/h6-17,28H,4-5,18H2,1-3H3. The van der Waals surface area contributed by atoms with Gasteiger partial charge in [0.25, 0.3) is 0 Å². The van der Waals surface area contributed by atoms with Crippen molar-refractivity contribution < 1.29 is 19.0 Å². The number of hydrogen-bond acceptors (Lipinski definition) is 8. The molecule has 1 unspecified atom stereocenters. The summed E-state index contributed by atoms with van der Waals surface area (Å²) in [4.78, 5) is 19.9. The van der Waals surface area contributed by atoms with Gasteiger partial charge in [-0.3, -0.25) is 9.69 Å². The zero-order valence-corrected chi connectivity index (χ0v) is 22.3. The Morgan fingerprint density at radius 3 is 2.55 bits per heavy atom. The molecule has 1 aromatic heterocycles. The third kappa shape index (κ3) is 5.02. The van der Waals surface area contributed by atoms with E-state index in [2.05, 4.69) is 15.2 Å². The van der Waals surface area contributed by atoms with Crippen molar-refractivity contribution in [2.75, 3.05) is 17.8 Å². The molecule has 194 valence electrons. The molecular weight excluding hydrogens is 500 g/mol. The van der Waals surface area contributed by atoms with Crippen molar-refractivity contribution >= 4 is 23.4 Å². The molecular formula is C29H28N4O4S. The highest BCUT2D eigenvalue weighted by Crippen LogP contribution is 2.46. The predicted octanol–water partition coefficient (Wildman–Crippen LogP) is 6.07. The van der Waals surface area contributed by atoms with Gasteiger partial charge in [0.05, 0.1) is 18.4 Å². The first-order valence-corrected chi connectivity index (χ1v) is 13.4. The Balaban J connectivity index is 1.68. The average Bonchev–Trinajstić information content (AvgIpc) is 3.10. The van der Waals surface area contributed by atoms with Gasteiger partial charge in [0.1, 0.15) is 6.61 Å². The average molecular weight is 529 g/mol. The van der Waals surface area contributed by atoms with Crippen molar-refractivity contribution in [1.82, 2.24) is 15.2 Å². The number of rotatable bonds is 8. The number of ether oxygens (including phenoxy) is 3. The summed E-state index contributed by atoms with van der Waals surface area (Å²) in [6, 6.07) is 23.0. The first kappa shape index (κ1) is 25.5. The third-order valence-corrected chi connectivity index (χ3v) is 6.80. The number of thioether (sulfide) groups is 1. The number of amides is 1. The molecule has 9 heteroatoms. The summed E-state index contributed by atoms with van der Waals surface area (Å²) < 4.78 is 18.6. The van der Waals surface area contributed by atoms with Crippen LogP contribution in [-0.4, -0.2) is 34.0 Å². The monoisotopic (exact) mass is 528 g/mol. The second kappa shape index (κ2) is 11.5. The third-order valence-electron chi connectivity index (χ3n) is 6.08. The van der Waals surface area contributed by atoms with Crippen LogP contribution in [0.2, 0.25) is 0 Å². The molecule has 0 radical (unpaired) electrons. The van der Waals surface area contributed by atoms with Crippen LogP contribution in [0.3, 0.4) is 0 Å². The van der Waals surface area contributed by atoms with E-state index in [4.69, 9.17) is 14.2 Å². The molecule has 0 N–H and O–H groups in total. The van der Waals surface area contributed by atoms with Crippen LogP contribution in [0, 0.1) is 0 Å². The van der Waals surface area contributed by atoms with Crippen LogP contribution < -0.4 is 19.1 Å². The van der Waals surface area contributed by atoms with E-state index in [9.17, 15) is 4.79 Å². The molecule has 8 nitrogen and oxygen atoms in total. The van der Waals surface area contributed by atoms with Crippen LogP contribution in [0.15, 0.2) is 78.0 Å². The fourth-order valence-corrected chi connectivity index (χ4v) is 4.82. The number of methoxy groups -OCH3 is 1. The Hall–Kier alpha value is -4.11. The zero-order valence-electron chi connectivity index (χ0n) is 21.5. The van der Waals surface area contributed by atoms with Gasteiger partial charge in [-0.05, 0) is 29.5 Å². The lowest BCUT2D eigenvalue weighted by atomic mass is 10.1. The fourth-order valence-electron chi connectivity index (χ4n) is 4.32. The number of benzene rings is 3. The van der Waals surface area contributed by atoms with Gasteiger partial charge in [-0.25, -0.2) is 0 Å². The summed E-state index contributed by atoms with van der Waals surface area (Å²) in [7, 11) is 1.59. The summed E-state index contributed by atoms with van der Waals surface area (Å²) in [5, 5.41) is 9.26.